The fourth-order valence-corrected chi connectivity index (χ4v) is 1.86. The number of amides is 1. The van der Waals surface area contributed by atoms with Gasteiger partial charge in [0.2, 0.25) is 5.91 Å². The van der Waals surface area contributed by atoms with E-state index < -0.39 is 0 Å². The summed E-state index contributed by atoms with van der Waals surface area (Å²) in [7, 11) is 0. The van der Waals surface area contributed by atoms with Gasteiger partial charge in [-0.25, -0.2) is 9.50 Å². The number of rotatable bonds is 2. The van der Waals surface area contributed by atoms with Gasteiger partial charge in [-0.1, -0.05) is 0 Å². The molecule has 0 aromatic carbocycles. The molecule has 1 aliphatic rings. The molecule has 6 heteroatoms. The van der Waals surface area contributed by atoms with Crippen LogP contribution in [0.15, 0.2) is 24.7 Å². The molecule has 1 atom stereocenters. The fourth-order valence-electron chi connectivity index (χ4n) is 1.86. The Morgan fingerprint density at radius 2 is 2.53 bits per heavy atom. The molecule has 1 fully saturated rings. The third kappa shape index (κ3) is 1.99. The van der Waals surface area contributed by atoms with Crippen LogP contribution in [0.4, 0.5) is 5.69 Å². The second kappa shape index (κ2) is 4.14. The number of fused-ring (bicyclic) bond motifs is 1. The van der Waals surface area contributed by atoms with E-state index in [4.69, 9.17) is 4.74 Å². The van der Waals surface area contributed by atoms with Crippen molar-refractivity contribution >= 4 is 17.2 Å². The first kappa shape index (κ1) is 10.2. The van der Waals surface area contributed by atoms with Crippen LogP contribution < -0.4 is 5.32 Å². The molecule has 3 rings (SSSR count). The highest BCUT2D eigenvalue weighted by molar-refractivity contribution is 5.92. The van der Waals surface area contributed by atoms with Crippen LogP contribution in [0.1, 0.15) is 6.42 Å². The van der Waals surface area contributed by atoms with E-state index in [-0.39, 0.29) is 11.8 Å². The molecule has 1 unspecified atom stereocenters. The van der Waals surface area contributed by atoms with Crippen LogP contribution in [0.2, 0.25) is 0 Å². The van der Waals surface area contributed by atoms with Crippen molar-refractivity contribution in [3.63, 3.8) is 0 Å². The third-order valence-corrected chi connectivity index (χ3v) is 2.81. The lowest BCUT2D eigenvalue weighted by molar-refractivity contribution is -0.119. The summed E-state index contributed by atoms with van der Waals surface area (Å²) < 4.78 is 6.81. The Hall–Kier alpha value is -1.95. The van der Waals surface area contributed by atoms with Gasteiger partial charge in [0.25, 0.3) is 0 Å². The monoisotopic (exact) mass is 232 g/mol. The Kier molecular flexibility index (Phi) is 2.49. The maximum atomic E-state index is 11.8. The van der Waals surface area contributed by atoms with Gasteiger partial charge in [-0.05, 0) is 6.42 Å². The van der Waals surface area contributed by atoms with Crippen LogP contribution in [-0.4, -0.2) is 33.7 Å². The second-order valence-corrected chi connectivity index (χ2v) is 4.03. The standard InChI is InChI=1S/C11H12N4O2/c16-11(8-2-4-17-7-8)14-9-5-12-10-1-3-13-15(10)6-9/h1,3,5-6,8H,2,4,7H2,(H,14,16). The molecule has 88 valence electrons. The van der Waals surface area contributed by atoms with E-state index in [0.29, 0.717) is 18.9 Å². The molecule has 1 amide bonds. The lowest BCUT2D eigenvalue weighted by atomic mass is 10.1. The number of carbonyl (C=O) groups excluding carboxylic acids is 1. The number of nitrogens with one attached hydrogen (secondary N) is 1. The SMILES string of the molecule is O=C(Nc1cnc2ccnn2c1)C1CCOC1. The molecule has 0 aliphatic carbocycles. The van der Waals surface area contributed by atoms with E-state index in [1.807, 2.05) is 0 Å². The number of carbonyl (C=O) groups is 1. The van der Waals surface area contributed by atoms with Crippen LogP contribution in [0.5, 0.6) is 0 Å². The van der Waals surface area contributed by atoms with Crippen LogP contribution in [0, 0.1) is 5.92 Å². The molecule has 17 heavy (non-hydrogen) atoms. The molecular weight excluding hydrogens is 220 g/mol. The molecule has 0 saturated carbocycles. The summed E-state index contributed by atoms with van der Waals surface area (Å²) in [6, 6.07) is 1.80. The number of aromatic nitrogens is 3. The van der Waals surface area contributed by atoms with Crippen LogP contribution in [0.3, 0.4) is 0 Å². The van der Waals surface area contributed by atoms with Crippen molar-refractivity contribution in [1.29, 1.82) is 0 Å². The Bertz CT molecular complexity index is 545. The van der Waals surface area contributed by atoms with E-state index in [2.05, 4.69) is 15.4 Å². The largest absolute Gasteiger partial charge is 0.381 e. The number of anilines is 1. The first-order chi connectivity index (χ1) is 8.33. The summed E-state index contributed by atoms with van der Waals surface area (Å²) in [4.78, 5) is 16.0. The Morgan fingerprint density at radius 1 is 1.59 bits per heavy atom. The highest BCUT2D eigenvalue weighted by Crippen LogP contribution is 2.15. The Labute approximate surface area is 97.6 Å². The van der Waals surface area contributed by atoms with Crippen molar-refractivity contribution in [2.24, 2.45) is 5.92 Å². The molecule has 0 spiro atoms. The Balaban J connectivity index is 1.77. The van der Waals surface area contributed by atoms with Crippen LogP contribution in [0.25, 0.3) is 5.65 Å². The first-order valence-electron chi connectivity index (χ1n) is 5.51. The van der Waals surface area contributed by atoms with E-state index in [0.717, 1.165) is 12.1 Å². The maximum Gasteiger partial charge on any atom is 0.229 e. The molecular formula is C11H12N4O2. The summed E-state index contributed by atoms with van der Waals surface area (Å²) >= 11 is 0. The minimum atomic E-state index is -0.0525. The zero-order valence-electron chi connectivity index (χ0n) is 9.17. The summed E-state index contributed by atoms with van der Waals surface area (Å²) in [5.41, 5.74) is 1.41. The predicted octanol–water partition coefficient (Wildman–Crippen LogP) is 0.704. The zero-order valence-corrected chi connectivity index (χ0v) is 9.17. The lowest BCUT2D eigenvalue weighted by Crippen LogP contribution is -2.23. The highest BCUT2D eigenvalue weighted by Gasteiger charge is 2.23. The van der Waals surface area contributed by atoms with Gasteiger partial charge in [-0.3, -0.25) is 4.79 Å². The molecule has 1 aliphatic heterocycles. The van der Waals surface area contributed by atoms with Crippen molar-refractivity contribution in [2.75, 3.05) is 18.5 Å². The maximum absolute atomic E-state index is 11.8. The average Bonchev–Trinajstić information content (AvgIpc) is 2.99. The molecule has 1 N–H and O–H groups in total. The molecule has 3 heterocycles. The average molecular weight is 232 g/mol. The third-order valence-electron chi connectivity index (χ3n) is 2.81. The van der Waals surface area contributed by atoms with Gasteiger partial charge in [0.05, 0.1) is 36.8 Å². The van der Waals surface area contributed by atoms with Gasteiger partial charge in [0, 0.05) is 12.7 Å². The van der Waals surface area contributed by atoms with E-state index in [1.165, 1.54) is 0 Å². The lowest BCUT2D eigenvalue weighted by Gasteiger charge is -2.08. The van der Waals surface area contributed by atoms with Gasteiger partial charge in [-0.15, -0.1) is 0 Å². The van der Waals surface area contributed by atoms with E-state index in [1.54, 1.807) is 29.2 Å². The molecule has 0 bridgehead atoms. The predicted molar refractivity (Wildman–Crippen MR) is 60.5 cm³/mol. The van der Waals surface area contributed by atoms with Crippen molar-refractivity contribution in [3.05, 3.63) is 24.7 Å². The Morgan fingerprint density at radius 3 is 3.35 bits per heavy atom. The molecule has 2 aromatic heterocycles. The second-order valence-electron chi connectivity index (χ2n) is 4.03. The number of hydrogen-bond acceptors (Lipinski definition) is 4. The quantitative estimate of drug-likeness (QED) is 0.827. The number of nitrogens with zero attached hydrogens (tertiary/aromatic N) is 3. The van der Waals surface area contributed by atoms with Gasteiger partial charge in [0.15, 0.2) is 5.65 Å². The van der Waals surface area contributed by atoms with E-state index >= 15 is 0 Å². The van der Waals surface area contributed by atoms with E-state index in [9.17, 15) is 4.79 Å². The zero-order chi connectivity index (χ0) is 11.7. The normalized spacial score (nSPS) is 19.6. The summed E-state index contributed by atoms with van der Waals surface area (Å²) in [6.45, 7) is 1.16. The molecule has 2 aromatic rings. The van der Waals surface area contributed by atoms with Gasteiger partial charge in [-0.2, -0.15) is 5.10 Å². The van der Waals surface area contributed by atoms with Crippen LogP contribution >= 0.6 is 0 Å². The molecule has 0 radical (unpaired) electrons. The smallest absolute Gasteiger partial charge is 0.229 e. The topological polar surface area (TPSA) is 68.5 Å². The van der Waals surface area contributed by atoms with Crippen molar-refractivity contribution < 1.29 is 9.53 Å². The fraction of sp³-hybridized carbons (Fsp3) is 0.364. The van der Waals surface area contributed by atoms with Crippen molar-refractivity contribution in [3.8, 4) is 0 Å². The summed E-state index contributed by atoms with van der Waals surface area (Å²) in [5.74, 6) is -0.0703. The summed E-state index contributed by atoms with van der Waals surface area (Å²) in [6.07, 6.45) is 5.82. The van der Waals surface area contributed by atoms with Gasteiger partial charge >= 0.3 is 0 Å². The minimum absolute atomic E-state index is 0.0178. The van der Waals surface area contributed by atoms with Gasteiger partial charge < -0.3 is 10.1 Å². The van der Waals surface area contributed by atoms with Crippen molar-refractivity contribution in [2.45, 2.75) is 6.42 Å². The highest BCUT2D eigenvalue weighted by atomic mass is 16.5. The number of hydrogen-bond donors (Lipinski definition) is 1. The summed E-state index contributed by atoms with van der Waals surface area (Å²) in [5, 5.41) is 6.89. The first-order valence-corrected chi connectivity index (χ1v) is 5.51. The minimum Gasteiger partial charge on any atom is -0.381 e. The van der Waals surface area contributed by atoms with Gasteiger partial charge in [0.1, 0.15) is 0 Å². The van der Waals surface area contributed by atoms with Crippen LogP contribution in [-0.2, 0) is 9.53 Å². The van der Waals surface area contributed by atoms with Crippen molar-refractivity contribution in [1.82, 2.24) is 14.6 Å². The number of ether oxygens (including phenoxy) is 1. The molecule has 1 saturated heterocycles. The molecule has 6 nitrogen and oxygen atoms in total.